The van der Waals surface area contributed by atoms with E-state index in [1.807, 2.05) is 6.07 Å². The summed E-state index contributed by atoms with van der Waals surface area (Å²) in [6, 6.07) is 5.71. The van der Waals surface area contributed by atoms with E-state index >= 15 is 0 Å². The zero-order chi connectivity index (χ0) is 13.8. The van der Waals surface area contributed by atoms with E-state index in [-0.39, 0.29) is 12.4 Å². The van der Waals surface area contributed by atoms with E-state index in [4.69, 9.17) is 5.73 Å². The smallest absolute Gasteiger partial charge is 0.129 e. The van der Waals surface area contributed by atoms with Gasteiger partial charge in [-0.1, -0.05) is 13.0 Å². The Morgan fingerprint density at radius 1 is 1.37 bits per heavy atom. The third-order valence-corrected chi connectivity index (χ3v) is 3.98. The normalized spacial score (nSPS) is 21.5. The molecule has 0 saturated carbocycles. The number of hydrogen-bond acceptors (Lipinski definition) is 3. The molecule has 1 aliphatic rings. The summed E-state index contributed by atoms with van der Waals surface area (Å²) >= 11 is 0. The summed E-state index contributed by atoms with van der Waals surface area (Å²) in [5.41, 5.74) is 7.35. The molecule has 1 aromatic rings. The van der Waals surface area contributed by atoms with Crippen LogP contribution in [-0.4, -0.2) is 37.6 Å². The van der Waals surface area contributed by atoms with Crippen molar-refractivity contribution in [3.63, 3.8) is 0 Å². The molecule has 1 fully saturated rings. The predicted octanol–water partition coefficient (Wildman–Crippen LogP) is 2.20. The first kappa shape index (κ1) is 14.3. The summed E-state index contributed by atoms with van der Waals surface area (Å²) < 4.78 is 13.9. The number of halogens is 1. The standard InChI is InChI=1S/C15H24FN3/c1-3-12-11-18(2)8-5-9-19(12)15-7-4-6-14(16)13(15)10-17/h4,6-7,12H,3,5,8-11,17H2,1-2H3. The first-order chi connectivity index (χ1) is 9.17. The van der Waals surface area contributed by atoms with Gasteiger partial charge in [-0.05, 0) is 38.6 Å². The Balaban J connectivity index is 2.35. The van der Waals surface area contributed by atoms with E-state index in [0.717, 1.165) is 38.2 Å². The molecule has 1 atom stereocenters. The molecule has 0 aromatic heterocycles. The fourth-order valence-corrected chi connectivity index (χ4v) is 2.93. The van der Waals surface area contributed by atoms with E-state index in [0.29, 0.717) is 11.6 Å². The average molecular weight is 265 g/mol. The summed E-state index contributed by atoms with van der Waals surface area (Å²) in [7, 11) is 2.15. The second-order valence-electron chi connectivity index (χ2n) is 5.31. The number of rotatable bonds is 3. The van der Waals surface area contributed by atoms with Crippen molar-refractivity contribution in [2.24, 2.45) is 5.73 Å². The minimum Gasteiger partial charge on any atom is -0.367 e. The van der Waals surface area contributed by atoms with E-state index in [9.17, 15) is 4.39 Å². The highest BCUT2D eigenvalue weighted by atomic mass is 19.1. The molecule has 4 heteroatoms. The van der Waals surface area contributed by atoms with Crippen LogP contribution >= 0.6 is 0 Å². The van der Waals surface area contributed by atoms with Crippen LogP contribution in [0.5, 0.6) is 0 Å². The molecule has 0 bridgehead atoms. The summed E-state index contributed by atoms with van der Waals surface area (Å²) in [5.74, 6) is -0.188. The molecule has 1 aromatic carbocycles. The molecule has 1 unspecified atom stereocenters. The van der Waals surface area contributed by atoms with Gasteiger partial charge in [0.25, 0.3) is 0 Å². The fraction of sp³-hybridized carbons (Fsp3) is 0.600. The second kappa shape index (κ2) is 6.35. The van der Waals surface area contributed by atoms with Gasteiger partial charge in [0.1, 0.15) is 5.82 Å². The van der Waals surface area contributed by atoms with E-state index in [1.165, 1.54) is 6.07 Å². The van der Waals surface area contributed by atoms with Gasteiger partial charge in [-0.25, -0.2) is 4.39 Å². The number of hydrogen-bond donors (Lipinski definition) is 1. The molecule has 1 aliphatic heterocycles. The first-order valence-electron chi connectivity index (χ1n) is 7.10. The van der Waals surface area contributed by atoms with Crippen LogP contribution in [0.25, 0.3) is 0 Å². The third kappa shape index (κ3) is 3.07. The minimum atomic E-state index is -0.188. The molecule has 0 radical (unpaired) electrons. The molecule has 0 aliphatic carbocycles. The third-order valence-electron chi connectivity index (χ3n) is 3.98. The fourth-order valence-electron chi connectivity index (χ4n) is 2.93. The van der Waals surface area contributed by atoms with Gasteiger partial charge < -0.3 is 15.5 Å². The molecule has 2 rings (SSSR count). The molecule has 19 heavy (non-hydrogen) atoms. The van der Waals surface area contributed by atoms with Crippen molar-refractivity contribution in [2.45, 2.75) is 32.4 Å². The van der Waals surface area contributed by atoms with E-state index in [1.54, 1.807) is 6.07 Å². The quantitative estimate of drug-likeness (QED) is 0.909. The topological polar surface area (TPSA) is 32.5 Å². The zero-order valence-corrected chi connectivity index (χ0v) is 11.9. The van der Waals surface area contributed by atoms with Gasteiger partial charge in [-0.15, -0.1) is 0 Å². The van der Waals surface area contributed by atoms with Gasteiger partial charge in [0.05, 0.1) is 0 Å². The number of benzene rings is 1. The number of anilines is 1. The molecule has 3 nitrogen and oxygen atoms in total. The summed E-state index contributed by atoms with van der Waals surface area (Å²) in [5, 5.41) is 0. The van der Waals surface area contributed by atoms with Gasteiger partial charge >= 0.3 is 0 Å². The van der Waals surface area contributed by atoms with Crippen LogP contribution in [-0.2, 0) is 6.54 Å². The lowest BCUT2D eigenvalue weighted by molar-refractivity contribution is 0.328. The summed E-state index contributed by atoms with van der Waals surface area (Å²) in [4.78, 5) is 4.70. The maximum absolute atomic E-state index is 13.9. The lowest BCUT2D eigenvalue weighted by Gasteiger charge is -2.33. The number of likely N-dealkylation sites (N-methyl/N-ethyl adjacent to an activating group) is 1. The second-order valence-corrected chi connectivity index (χ2v) is 5.31. The molecule has 0 spiro atoms. The number of nitrogens with zero attached hydrogens (tertiary/aromatic N) is 2. The molecule has 2 N–H and O–H groups in total. The van der Waals surface area contributed by atoms with Crippen molar-refractivity contribution < 1.29 is 4.39 Å². The number of nitrogens with two attached hydrogens (primary N) is 1. The van der Waals surface area contributed by atoms with Gasteiger partial charge in [0.15, 0.2) is 0 Å². The summed E-state index contributed by atoms with van der Waals surface area (Å²) in [6.45, 7) is 5.54. The minimum absolute atomic E-state index is 0.188. The van der Waals surface area contributed by atoms with Crippen molar-refractivity contribution in [1.82, 2.24) is 4.90 Å². The van der Waals surface area contributed by atoms with Gasteiger partial charge in [-0.3, -0.25) is 0 Å². The average Bonchev–Trinajstić information content (AvgIpc) is 2.59. The summed E-state index contributed by atoms with van der Waals surface area (Å²) in [6.07, 6.45) is 2.17. The SMILES string of the molecule is CCC1CN(C)CCCN1c1cccc(F)c1CN. The zero-order valence-electron chi connectivity index (χ0n) is 11.9. The van der Waals surface area contributed by atoms with Crippen LogP contribution < -0.4 is 10.6 Å². The highest BCUT2D eigenvalue weighted by Gasteiger charge is 2.24. The maximum atomic E-state index is 13.9. The van der Waals surface area contributed by atoms with Crippen molar-refractivity contribution in [2.75, 3.05) is 31.6 Å². The molecular formula is C15H24FN3. The Morgan fingerprint density at radius 2 is 2.16 bits per heavy atom. The molecule has 1 saturated heterocycles. The Labute approximate surface area is 115 Å². The molecular weight excluding hydrogens is 241 g/mol. The Kier molecular flexibility index (Phi) is 4.77. The monoisotopic (exact) mass is 265 g/mol. The van der Waals surface area contributed by atoms with Crippen LogP contribution in [0, 0.1) is 5.82 Å². The lowest BCUT2D eigenvalue weighted by atomic mass is 10.1. The Morgan fingerprint density at radius 3 is 2.84 bits per heavy atom. The molecule has 0 amide bonds. The van der Waals surface area contributed by atoms with Crippen LogP contribution in [0.2, 0.25) is 0 Å². The van der Waals surface area contributed by atoms with Crippen LogP contribution in [0.4, 0.5) is 10.1 Å². The largest absolute Gasteiger partial charge is 0.367 e. The van der Waals surface area contributed by atoms with Crippen LogP contribution in [0.15, 0.2) is 18.2 Å². The van der Waals surface area contributed by atoms with Crippen molar-refractivity contribution >= 4 is 5.69 Å². The predicted molar refractivity (Wildman–Crippen MR) is 77.8 cm³/mol. The maximum Gasteiger partial charge on any atom is 0.129 e. The highest BCUT2D eigenvalue weighted by Crippen LogP contribution is 2.27. The van der Waals surface area contributed by atoms with Gasteiger partial charge in [0, 0.05) is 36.9 Å². The first-order valence-corrected chi connectivity index (χ1v) is 7.10. The van der Waals surface area contributed by atoms with Gasteiger partial charge in [0.2, 0.25) is 0 Å². The van der Waals surface area contributed by atoms with E-state index in [2.05, 4.69) is 23.8 Å². The van der Waals surface area contributed by atoms with Crippen LogP contribution in [0.3, 0.4) is 0 Å². The molecule has 1 heterocycles. The van der Waals surface area contributed by atoms with Crippen LogP contribution in [0.1, 0.15) is 25.3 Å². The lowest BCUT2D eigenvalue weighted by Crippen LogP contribution is -2.40. The van der Waals surface area contributed by atoms with Crippen molar-refractivity contribution in [1.29, 1.82) is 0 Å². The molecule has 106 valence electrons. The Hall–Kier alpha value is -1.13. The van der Waals surface area contributed by atoms with Gasteiger partial charge in [-0.2, -0.15) is 0 Å². The Bertz CT molecular complexity index is 422. The van der Waals surface area contributed by atoms with Crippen molar-refractivity contribution in [3.05, 3.63) is 29.6 Å². The highest BCUT2D eigenvalue weighted by molar-refractivity contribution is 5.55. The van der Waals surface area contributed by atoms with Crippen molar-refractivity contribution in [3.8, 4) is 0 Å². The van der Waals surface area contributed by atoms with E-state index < -0.39 is 0 Å².